The SMILES string of the molecule is Cc1ccc(C(=O)Nc2ccc(F)c(-n3nnnc3C)c2)cc1NS(C)(=O)=O. The van der Waals surface area contributed by atoms with E-state index < -0.39 is 21.7 Å². The molecule has 28 heavy (non-hydrogen) atoms. The number of benzene rings is 2. The number of carbonyl (C=O) groups is 1. The number of nitrogens with zero attached hydrogens (tertiary/aromatic N) is 4. The van der Waals surface area contributed by atoms with Gasteiger partial charge in [-0.15, -0.1) is 5.10 Å². The Hall–Kier alpha value is -3.34. The largest absolute Gasteiger partial charge is 0.322 e. The van der Waals surface area contributed by atoms with E-state index in [2.05, 4.69) is 25.6 Å². The van der Waals surface area contributed by atoms with Gasteiger partial charge in [-0.3, -0.25) is 9.52 Å². The maximum Gasteiger partial charge on any atom is 0.255 e. The molecule has 0 saturated carbocycles. The van der Waals surface area contributed by atoms with Gasteiger partial charge in [0.1, 0.15) is 11.5 Å². The van der Waals surface area contributed by atoms with Crippen LogP contribution in [0.4, 0.5) is 15.8 Å². The van der Waals surface area contributed by atoms with Gasteiger partial charge >= 0.3 is 0 Å². The third-order valence-electron chi connectivity index (χ3n) is 3.85. The fraction of sp³-hybridized carbons (Fsp3) is 0.176. The van der Waals surface area contributed by atoms with Crippen molar-refractivity contribution in [2.24, 2.45) is 0 Å². The van der Waals surface area contributed by atoms with Crippen molar-refractivity contribution in [1.82, 2.24) is 20.2 Å². The Balaban J connectivity index is 1.88. The Kier molecular flexibility index (Phi) is 5.10. The molecule has 11 heteroatoms. The molecule has 0 unspecified atom stereocenters. The Morgan fingerprint density at radius 2 is 1.89 bits per heavy atom. The molecule has 9 nitrogen and oxygen atoms in total. The van der Waals surface area contributed by atoms with Crippen molar-refractivity contribution in [3.8, 4) is 5.69 Å². The molecule has 1 aromatic heterocycles. The number of halogens is 1. The van der Waals surface area contributed by atoms with E-state index in [9.17, 15) is 17.6 Å². The first-order valence-corrected chi connectivity index (χ1v) is 9.98. The molecule has 2 N–H and O–H groups in total. The van der Waals surface area contributed by atoms with Crippen molar-refractivity contribution in [3.05, 3.63) is 59.2 Å². The van der Waals surface area contributed by atoms with Crippen LogP contribution in [-0.4, -0.2) is 40.8 Å². The summed E-state index contributed by atoms with van der Waals surface area (Å²) < 4.78 is 40.7. The third kappa shape index (κ3) is 4.31. The highest BCUT2D eigenvalue weighted by atomic mass is 32.2. The minimum atomic E-state index is -3.49. The Bertz CT molecular complexity index is 1160. The predicted octanol–water partition coefficient (Wildman–Crippen LogP) is 2.04. The number of anilines is 2. The fourth-order valence-electron chi connectivity index (χ4n) is 2.48. The van der Waals surface area contributed by atoms with Crippen molar-refractivity contribution >= 4 is 27.3 Å². The summed E-state index contributed by atoms with van der Waals surface area (Å²) in [4.78, 5) is 12.6. The fourth-order valence-corrected chi connectivity index (χ4v) is 3.10. The maximum absolute atomic E-state index is 14.1. The summed E-state index contributed by atoms with van der Waals surface area (Å²) in [6.07, 6.45) is 1.03. The standard InChI is InChI=1S/C17H17FN6O3S/c1-10-4-5-12(8-15(10)21-28(3,26)27)17(25)19-13-6-7-14(18)16(9-13)24-11(2)20-22-23-24/h4-9,21H,1-3H3,(H,19,25). The topological polar surface area (TPSA) is 119 Å². The summed E-state index contributed by atoms with van der Waals surface area (Å²) >= 11 is 0. The van der Waals surface area contributed by atoms with Gasteiger partial charge in [-0.05, 0) is 60.2 Å². The lowest BCUT2D eigenvalue weighted by molar-refractivity contribution is 0.102. The van der Waals surface area contributed by atoms with Crippen LogP contribution >= 0.6 is 0 Å². The Morgan fingerprint density at radius 1 is 1.14 bits per heavy atom. The highest BCUT2D eigenvalue weighted by molar-refractivity contribution is 7.92. The molecular formula is C17H17FN6O3S. The summed E-state index contributed by atoms with van der Waals surface area (Å²) in [5.41, 5.74) is 1.62. The van der Waals surface area contributed by atoms with Crippen LogP contribution in [0.2, 0.25) is 0 Å². The molecule has 0 spiro atoms. The molecule has 0 fully saturated rings. The summed E-state index contributed by atoms with van der Waals surface area (Å²) in [6.45, 7) is 3.34. The summed E-state index contributed by atoms with van der Waals surface area (Å²) in [6, 6.07) is 8.62. The normalized spacial score (nSPS) is 11.3. The lowest BCUT2D eigenvalue weighted by atomic mass is 10.1. The molecule has 0 bridgehead atoms. The van der Waals surface area contributed by atoms with Gasteiger partial charge in [0.05, 0.1) is 11.9 Å². The third-order valence-corrected chi connectivity index (χ3v) is 4.44. The van der Waals surface area contributed by atoms with Crippen molar-refractivity contribution in [2.45, 2.75) is 13.8 Å². The van der Waals surface area contributed by atoms with Gasteiger partial charge in [-0.25, -0.2) is 12.8 Å². The number of rotatable bonds is 5. The van der Waals surface area contributed by atoms with E-state index in [1.54, 1.807) is 26.0 Å². The minimum absolute atomic E-state index is 0.0867. The number of sulfonamides is 1. The molecule has 0 aliphatic heterocycles. The van der Waals surface area contributed by atoms with Crippen LogP contribution in [0.15, 0.2) is 36.4 Å². The van der Waals surface area contributed by atoms with E-state index in [1.807, 2.05) is 0 Å². The zero-order chi connectivity index (χ0) is 20.5. The van der Waals surface area contributed by atoms with E-state index in [0.717, 1.165) is 6.26 Å². The lowest BCUT2D eigenvalue weighted by Gasteiger charge is -2.11. The first-order chi connectivity index (χ1) is 13.1. The van der Waals surface area contributed by atoms with Crippen LogP contribution in [0, 0.1) is 19.7 Å². The van der Waals surface area contributed by atoms with Crippen LogP contribution in [0.25, 0.3) is 5.69 Å². The molecule has 0 saturated heterocycles. The molecule has 0 aliphatic carbocycles. The number of hydrogen-bond donors (Lipinski definition) is 2. The average Bonchev–Trinajstić information content (AvgIpc) is 3.03. The molecule has 146 valence electrons. The number of aromatic nitrogens is 4. The molecule has 2 aromatic carbocycles. The van der Waals surface area contributed by atoms with Crippen molar-refractivity contribution < 1.29 is 17.6 Å². The van der Waals surface area contributed by atoms with Gasteiger partial charge in [-0.2, -0.15) is 4.68 Å². The van der Waals surface area contributed by atoms with E-state index >= 15 is 0 Å². The first-order valence-electron chi connectivity index (χ1n) is 8.09. The number of nitrogens with one attached hydrogen (secondary N) is 2. The van der Waals surface area contributed by atoms with Crippen molar-refractivity contribution in [3.63, 3.8) is 0 Å². The average molecular weight is 404 g/mol. The zero-order valence-electron chi connectivity index (χ0n) is 15.3. The van der Waals surface area contributed by atoms with Crippen LogP contribution in [-0.2, 0) is 10.0 Å². The van der Waals surface area contributed by atoms with E-state index in [1.165, 1.54) is 28.9 Å². The van der Waals surface area contributed by atoms with Gasteiger partial charge in [0.25, 0.3) is 5.91 Å². The zero-order valence-corrected chi connectivity index (χ0v) is 16.1. The Labute approximate surface area is 160 Å². The number of aryl methyl sites for hydroxylation is 2. The molecule has 0 radical (unpaired) electrons. The summed E-state index contributed by atoms with van der Waals surface area (Å²) in [5, 5.41) is 13.6. The molecular weight excluding hydrogens is 387 g/mol. The summed E-state index contributed by atoms with van der Waals surface area (Å²) in [5.74, 6) is -0.650. The van der Waals surface area contributed by atoms with E-state index in [-0.39, 0.29) is 11.3 Å². The molecule has 3 aromatic rings. The van der Waals surface area contributed by atoms with Gasteiger partial charge in [0.2, 0.25) is 10.0 Å². The summed E-state index contributed by atoms with van der Waals surface area (Å²) in [7, 11) is -3.49. The van der Waals surface area contributed by atoms with Crippen LogP contribution in [0.1, 0.15) is 21.7 Å². The van der Waals surface area contributed by atoms with Crippen LogP contribution in [0.5, 0.6) is 0 Å². The maximum atomic E-state index is 14.1. The van der Waals surface area contributed by atoms with E-state index in [4.69, 9.17) is 0 Å². The number of hydrogen-bond acceptors (Lipinski definition) is 6. The number of carbonyl (C=O) groups excluding carboxylic acids is 1. The monoisotopic (exact) mass is 404 g/mol. The highest BCUT2D eigenvalue weighted by Gasteiger charge is 2.14. The molecule has 0 atom stereocenters. The second kappa shape index (κ2) is 7.35. The van der Waals surface area contributed by atoms with Gasteiger partial charge in [0, 0.05) is 11.3 Å². The highest BCUT2D eigenvalue weighted by Crippen LogP contribution is 2.21. The van der Waals surface area contributed by atoms with Crippen LogP contribution < -0.4 is 10.0 Å². The second-order valence-electron chi connectivity index (χ2n) is 6.16. The van der Waals surface area contributed by atoms with Crippen molar-refractivity contribution in [1.29, 1.82) is 0 Å². The van der Waals surface area contributed by atoms with Gasteiger partial charge in [-0.1, -0.05) is 6.07 Å². The predicted molar refractivity (Wildman–Crippen MR) is 101 cm³/mol. The second-order valence-corrected chi connectivity index (χ2v) is 7.91. The quantitative estimate of drug-likeness (QED) is 0.672. The van der Waals surface area contributed by atoms with Crippen LogP contribution in [0.3, 0.4) is 0 Å². The van der Waals surface area contributed by atoms with Gasteiger partial charge < -0.3 is 5.32 Å². The first kappa shape index (κ1) is 19.4. The minimum Gasteiger partial charge on any atom is -0.322 e. The lowest BCUT2D eigenvalue weighted by Crippen LogP contribution is -2.15. The smallest absolute Gasteiger partial charge is 0.255 e. The van der Waals surface area contributed by atoms with Crippen molar-refractivity contribution in [2.75, 3.05) is 16.3 Å². The van der Waals surface area contributed by atoms with E-state index in [0.29, 0.717) is 22.8 Å². The molecule has 1 heterocycles. The number of tetrazole rings is 1. The number of amides is 1. The molecule has 1 amide bonds. The molecule has 0 aliphatic rings. The van der Waals surface area contributed by atoms with Gasteiger partial charge in [0.15, 0.2) is 5.82 Å². The Morgan fingerprint density at radius 3 is 2.54 bits per heavy atom. The molecule has 3 rings (SSSR count).